The maximum absolute atomic E-state index is 4.15. The molecule has 0 saturated carbocycles. The fraction of sp³-hybridized carbons (Fsp3) is 0.478. The Kier molecular flexibility index (Phi) is 11.7. The lowest BCUT2D eigenvalue weighted by Gasteiger charge is -2.16. The lowest BCUT2D eigenvalue weighted by Crippen LogP contribution is -2.02. The van der Waals surface area contributed by atoms with Crippen molar-refractivity contribution in [3.05, 3.63) is 72.2 Å². The number of nitrogens with one attached hydrogen (secondary N) is 1. The molecule has 1 unspecified atom stereocenters. The number of hydrogen-bond acceptors (Lipinski definition) is 1. The molecule has 0 aromatic heterocycles. The van der Waals surface area contributed by atoms with E-state index in [9.17, 15) is 0 Å². The van der Waals surface area contributed by atoms with Gasteiger partial charge in [0.15, 0.2) is 0 Å². The van der Waals surface area contributed by atoms with Crippen molar-refractivity contribution in [3.63, 3.8) is 0 Å². The van der Waals surface area contributed by atoms with Crippen molar-refractivity contribution >= 4 is 0 Å². The van der Waals surface area contributed by atoms with Gasteiger partial charge < -0.3 is 5.32 Å². The van der Waals surface area contributed by atoms with E-state index in [1.165, 1.54) is 22.3 Å². The third kappa shape index (κ3) is 8.76. The number of hydrogen-bond donors (Lipinski definition) is 1. The van der Waals surface area contributed by atoms with Crippen LogP contribution < -0.4 is 5.32 Å². The summed E-state index contributed by atoms with van der Waals surface area (Å²) < 4.78 is 0. The van der Waals surface area contributed by atoms with Crippen molar-refractivity contribution in [1.82, 2.24) is 5.32 Å². The van der Waals surface area contributed by atoms with Gasteiger partial charge in [0.05, 0.1) is 0 Å². The van der Waals surface area contributed by atoms with Crippen molar-refractivity contribution < 1.29 is 0 Å². The molecule has 0 spiro atoms. The summed E-state index contributed by atoms with van der Waals surface area (Å²) in [6.07, 6.45) is 13.6. The molecule has 0 aliphatic heterocycles. The van der Waals surface area contributed by atoms with Gasteiger partial charge in [-0.15, -0.1) is 6.58 Å². The Morgan fingerprint density at radius 1 is 1.12 bits per heavy atom. The molecule has 0 heterocycles. The van der Waals surface area contributed by atoms with Gasteiger partial charge in [-0.05, 0) is 69.2 Å². The summed E-state index contributed by atoms with van der Waals surface area (Å²) in [4.78, 5) is 0. The second-order valence-corrected chi connectivity index (χ2v) is 6.46. The molecular weight excluding hydrogens is 290 g/mol. The highest BCUT2D eigenvalue weighted by atomic mass is 14.8. The van der Waals surface area contributed by atoms with Crippen LogP contribution in [-0.2, 0) is 0 Å². The Bertz CT molecular complexity index is 514. The molecule has 0 bridgehead atoms. The average Bonchev–Trinajstić information content (AvgIpc) is 2.58. The normalized spacial score (nSPS) is 14.3. The van der Waals surface area contributed by atoms with E-state index in [-0.39, 0.29) is 0 Å². The smallest absolute Gasteiger partial charge is 0.00705 e. The van der Waals surface area contributed by atoms with E-state index in [4.69, 9.17) is 0 Å². The van der Waals surface area contributed by atoms with E-state index in [1.54, 1.807) is 0 Å². The second-order valence-electron chi connectivity index (χ2n) is 6.46. The van der Waals surface area contributed by atoms with Crippen LogP contribution in [0.3, 0.4) is 0 Å². The van der Waals surface area contributed by atoms with Crippen LogP contribution in [0, 0.1) is 5.92 Å². The van der Waals surface area contributed by atoms with Crippen molar-refractivity contribution in [2.75, 3.05) is 0 Å². The fourth-order valence-electron chi connectivity index (χ4n) is 2.39. The Morgan fingerprint density at radius 3 is 2.33 bits per heavy atom. The van der Waals surface area contributed by atoms with E-state index < -0.39 is 0 Å². The maximum Gasteiger partial charge on any atom is 0.00705 e. The third-order valence-corrected chi connectivity index (χ3v) is 4.56. The zero-order chi connectivity index (χ0) is 18.5. The monoisotopic (exact) mass is 327 g/mol. The Labute approximate surface area is 150 Å². The van der Waals surface area contributed by atoms with Gasteiger partial charge in [0, 0.05) is 5.70 Å². The van der Waals surface area contributed by atoms with Crippen molar-refractivity contribution in [3.8, 4) is 0 Å². The van der Waals surface area contributed by atoms with E-state index in [2.05, 4.69) is 71.8 Å². The summed E-state index contributed by atoms with van der Waals surface area (Å²) in [6.45, 7) is 22.9. The first-order chi connectivity index (χ1) is 11.4. The van der Waals surface area contributed by atoms with Gasteiger partial charge >= 0.3 is 0 Å². The molecule has 1 N–H and O–H groups in total. The molecule has 0 aromatic rings. The number of rotatable bonds is 12. The molecular formula is C23H37N. The highest BCUT2D eigenvalue weighted by Gasteiger charge is 2.08. The minimum absolute atomic E-state index is 0.541. The Morgan fingerprint density at radius 2 is 1.79 bits per heavy atom. The minimum atomic E-state index is 0.541. The van der Waals surface area contributed by atoms with Gasteiger partial charge in [0.2, 0.25) is 0 Å². The quantitative estimate of drug-likeness (QED) is 0.294. The van der Waals surface area contributed by atoms with Gasteiger partial charge in [-0.3, -0.25) is 0 Å². The molecule has 0 aliphatic carbocycles. The van der Waals surface area contributed by atoms with Crippen LogP contribution in [0.1, 0.15) is 66.7 Å². The van der Waals surface area contributed by atoms with Gasteiger partial charge in [-0.1, -0.05) is 63.3 Å². The zero-order valence-corrected chi connectivity index (χ0v) is 16.5. The average molecular weight is 328 g/mol. The van der Waals surface area contributed by atoms with Crippen molar-refractivity contribution in [2.24, 2.45) is 5.92 Å². The molecule has 1 atom stereocenters. The van der Waals surface area contributed by atoms with Crippen molar-refractivity contribution in [2.45, 2.75) is 66.7 Å². The zero-order valence-electron chi connectivity index (χ0n) is 16.5. The SMILES string of the molecule is C=CC/C(=C\C(C)=C(/C)C(=C)CC)C(C)CC/C=C/NC(=C)CC. The van der Waals surface area contributed by atoms with E-state index in [1.807, 2.05) is 12.3 Å². The maximum atomic E-state index is 4.15. The van der Waals surface area contributed by atoms with Crippen LogP contribution in [0.2, 0.25) is 0 Å². The van der Waals surface area contributed by atoms with Crippen LogP contribution in [0.4, 0.5) is 0 Å². The standard InChI is InChI=1S/C23H37N/c1-9-14-23(17-20(6)22(8)18(4)10-2)19(5)15-12-13-16-24-21(7)11-3/h9,13,16-17,19,24H,1,4,7,10-12,14-15H2,2-3,5-6,8H3/b16-13+,22-20+,23-17+. The van der Waals surface area contributed by atoms with Crippen LogP contribution in [0.5, 0.6) is 0 Å². The molecule has 0 aliphatic rings. The lowest BCUT2D eigenvalue weighted by molar-refractivity contribution is 0.609. The van der Waals surface area contributed by atoms with E-state index in [0.29, 0.717) is 5.92 Å². The molecule has 1 heteroatoms. The van der Waals surface area contributed by atoms with Crippen molar-refractivity contribution in [1.29, 1.82) is 0 Å². The summed E-state index contributed by atoms with van der Waals surface area (Å²) >= 11 is 0. The molecule has 0 aromatic carbocycles. The highest BCUT2D eigenvalue weighted by Crippen LogP contribution is 2.25. The summed E-state index contributed by atoms with van der Waals surface area (Å²) in [5, 5.41) is 3.20. The predicted molar refractivity (Wildman–Crippen MR) is 111 cm³/mol. The first kappa shape index (κ1) is 22.2. The summed E-state index contributed by atoms with van der Waals surface area (Å²) in [7, 11) is 0. The molecule has 0 fully saturated rings. The molecule has 0 rings (SSSR count). The van der Waals surface area contributed by atoms with Gasteiger partial charge in [-0.25, -0.2) is 0 Å². The van der Waals surface area contributed by atoms with E-state index >= 15 is 0 Å². The van der Waals surface area contributed by atoms with Crippen LogP contribution in [0.25, 0.3) is 0 Å². The van der Waals surface area contributed by atoms with E-state index in [0.717, 1.165) is 37.8 Å². The molecule has 134 valence electrons. The Balaban J connectivity index is 4.86. The van der Waals surface area contributed by atoms with Gasteiger partial charge in [0.1, 0.15) is 0 Å². The molecule has 1 nitrogen and oxygen atoms in total. The molecule has 0 saturated heterocycles. The predicted octanol–water partition coefficient (Wildman–Crippen LogP) is 7.23. The summed E-state index contributed by atoms with van der Waals surface area (Å²) in [5.41, 5.74) is 6.36. The molecule has 0 amide bonds. The largest absolute Gasteiger partial charge is 0.366 e. The lowest BCUT2D eigenvalue weighted by atomic mass is 9.90. The second kappa shape index (κ2) is 12.6. The molecule has 24 heavy (non-hydrogen) atoms. The summed E-state index contributed by atoms with van der Waals surface area (Å²) in [5.74, 6) is 0.541. The van der Waals surface area contributed by atoms with Gasteiger partial charge in [0.25, 0.3) is 0 Å². The van der Waals surface area contributed by atoms with Crippen LogP contribution in [0.15, 0.2) is 72.2 Å². The summed E-state index contributed by atoms with van der Waals surface area (Å²) in [6, 6.07) is 0. The molecule has 0 radical (unpaired) electrons. The number of allylic oxidation sites excluding steroid dienone is 8. The first-order valence-electron chi connectivity index (χ1n) is 9.13. The first-order valence-corrected chi connectivity index (χ1v) is 9.13. The van der Waals surface area contributed by atoms with Crippen LogP contribution >= 0.6 is 0 Å². The van der Waals surface area contributed by atoms with Crippen LogP contribution in [-0.4, -0.2) is 0 Å². The fourth-order valence-corrected chi connectivity index (χ4v) is 2.39. The topological polar surface area (TPSA) is 12.0 Å². The third-order valence-electron chi connectivity index (χ3n) is 4.56. The Hall–Kier alpha value is -1.76. The minimum Gasteiger partial charge on any atom is -0.366 e. The highest BCUT2D eigenvalue weighted by molar-refractivity contribution is 5.38. The van der Waals surface area contributed by atoms with Gasteiger partial charge in [-0.2, -0.15) is 0 Å².